The number of fused-ring (bicyclic) bond motifs is 9. The van der Waals surface area contributed by atoms with Gasteiger partial charge >= 0.3 is 0 Å². The third-order valence-corrected chi connectivity index (χ3v) is 10.4. The van der Waals surface area contributed by atoms with E-state index in [-0.39, 0.29) is 5.41 Å². The van der Waals surface area contributed by atoms with Gasteiger partial charge in [-0.2, -0.15) is 0 Å². The summed E-state index contributed by atoms with van der Waals surface area (Å²) in [6.07, 6.45) is 0. The van der Waals surface area contributed by atoms with Gasteiger partial charge in [0.1, 0.15) is 11.2 Å². The van der Waals surface area contributed by atoms with E-state index >= 15 is 0 Å². The Hall–Kier alpha value is -5.66. The van der Waals surface area contributed by atoms with Crippen LogP contribution in [0.3, 0.4) is 0 Å². The van der Waals surface area contributed by atoms with E-state index in [0.717, 1.165) is 11.2 Å². The molecule has 8 aromatic carbocycles. The normalized spacial score (nSPS) is 13.6. The van der Waals surface area contributed by atoms with Crippen molar-refractivity contribution in [3.05, 3.63) is 157 Å². The summed E-state index contributed by atoms with van der Waals surface area (Å²) in [4.78, 5) is 0. The first-order chi connectivity index (χ1) is 22.5. The highest BCUT2D eigenvalue weighted by atomic mass is 16.3. The largest absolute Gasteiger partial charge is 0.456 e. The molecule has 0 saturated carbocycles. The van der Waals surface area contributed by atoms with E-state index < -0.39 is 0 Å². The van der Waals surface area contributed by atoms with Crippen molar-refractivity contribution in [2.45, 2.75) is 19.3 Å². The Morgan fingerprint density at radius 2 is 1.04 bits per heavy atom. The molecule has 1 aliphatic carbocycles. The zero-order valence-corrected chi connectivity index (χ0v) is 25.8. The summed E-state index contributed by atoms with van der Waals surface area (Å²) in [5.41, 5.74) is 12.2. The molecule has 0 radical (unpaired) electrons. The van der Waals surface area contributed by atoms with Gasteiger partial charge in [0.15, 0.2) is 0 Å². The maximum atomic E-state index is 6.43. The second-order valence-corrected chi connectivity index (χ2v) is 13.3. The van der Waals surface area contributed by atoms with Crippen molar-refractivity contribution in [3.63, 3.8) is 0 Å². The Kier molecular flexibility index (Phi) is 5.12. The smallest absolute Gasteiger partial charge is 0.136 e. The van der Waals surface area contributed by atoms with Crippen LogP contribution in [0.2, 0.25) is 0 Å². The Morgan fingerprint density at radius 3 is 1.89 bits per heavy atom. The summed E-state index contributed by atoms with van der Waals surface area (Å²) >= 11 is 0. The van der Waals surface area contributed by atoms with Gasteiger partial charge in [-0.15, -0.1) is 0 Å². The number of hydrogen-bond donors (Lipinski definition) is 0. The molecule has 0 saturated heterocycles. The third-order valence-electron chi connectivity index (χ3n) is 10.4. The van der Waals surface area contributed by atoms with E-state index in [4.69, 9.17) is 4.42 Å². The van der Waals surface area contributed by atoms with Crippen LogP contribution in [0.15, 0.2) is 150 Å². The van der Waals surface area contributed by atoms with Crippen LogP contribution < -0.4 is 0 Å². The fraction of sp³-hybridized carbons (Fsp3) is 0.0667. The molecular formula is C45H30O. The molecule has 0 fully saturated rings. The standard InChI is InChI=1S/C45H30O/c1-45(2)40-24-31(33-16-9-19-42-44(33)39-22-28-11-3-4-12-29(28)25-43(39)46-42)20-21-36(40)38-23-30-14-8-18-35(37(30)26-41(38)45)34-17-7-13-27-10-5-6-15-32(27)34/h3-26H,1-2H3. The van der Waals surface area contributed by atoms with Crippen LogP contribution in [-0.2, 0) is 5.41 Å². The summed E-state index contributed by atoms with van der Waals surface area (Å²) in [7, 11) is 0. The first-order valence-electron chi connectivity index (χ1n) is 16.1. The Balaban J connectivity index is 1.16. The average molecular weight is 587 g/mol. The van der Waals surface area contributed by atoms with E-state index in [2.05, 4.69) is 159 Å². The van der Waals surface area contributed by atoms with Crippen molar-refractivity contribution < 1.29 is 4.42 Å². The number of benzene rings is 8. The van der Waals surface area contributed by atoms with Crippen LogP contribution in [0, 0.1) is 0 Å². The third kappa shape index (κ3) is 3.51. The fourth-order valence-electron chi connectivity index (χ4n) is 8.12. The Bertz CT molecular complexity index is 2720. The molecule has 0 amide bonds. The summed E-state index contributed by atoms with van der Waals surface area (Å²) in [6, 6.07) is 53.5. The fourth-order valence-corrected chi connectivity index (χ4v) is 8.12. The summed E-state index contributed by atoms with van der Waals surface area (Å²) in [5, 5.41) is 9.92. The van der Waals surface area contributed by atoms with Gasteiger partial charge in [0.25, 0.3) is 0 Å². The van der Waals surface area contributed by atoms with Crippen LogP contribution in [0.5, 0.6) is 0 Å². The van der Waals surface area contributed by atoms with Crippen molar-refractivity contribution in [3.8, 4) is 33.4 Å². The molecule has 0 N–H and O–H groups in total. The molecule has 1 nitrogen and oxygen atoms in total. The minimum absolute atomic E-state index is 0.150. The summed E-state index contributed by atoms with van der Waals surface area (Å²) in [6.45, 7) is 4.77. The maximum Gasteiger partial charge on any atom is 0.136 e. The molecule has 216 valence electrons. The molecule has 9 aromatic rings. The van der Waals surface area contributed by atoms with E-state index in [1.165, 1.54) is 87.6 Å². The number of furan rings is 1. The predicted molar refractivity (Wildman–Crippen MR) is 195 cm³/mol. The SMILES string of the molecule is CC1(C)c2cc(-c3cccc4oc5cc6ccccc6cc5c34)ccc2-c2cc3cccc(-c4cccc5ccccc45)c3cc21. The lowest BCUT2D eigenvalue weighted by atomic mass is 9.80. The highest BCUT2D eigenvalue weighted by Crippen LogP contribution is 2.52. The monoisotopic (exact) mass is 586 g/mol. The Morgan fingerprint density at radius 1 is 0.391 bits per heavy atom. The van der Waals surface area contributed by atoms with E-state index in [0.29, 0.717) is 0 Å². The van der Waals surface area contributed by atoms with Gasteiger partial charge in [0.05, 0.1) is 0 Å². The lowest BCUT2D eigenvalue weighted by Crippen LogP contribution is -2.15. The first-order valence-corrected chi connectivity index (χ1v) is 16.1. The van der Waals surface area contributed by atoms with E-state index in [9.17, 15) is 0 Å². The molecule has 1 aliphatic rings. The quantitative estimate of drug-likeness (QED) is 0.196. The van der Waals surface area contributed by atoms with Crippen LogP contribution in [0.25, 0.3) is 87.6 Å². The molecule has 0 bridgehead atoms. The zero-order valence-electron chi connectivity index (χ0n) is 25.8. The maximum absolute atomic E-state index is 6.43. The van der Waals surface area contributed by atoms with Gasteiger partial charge in [-0.25, -0.2) is 0 Å². The Labute approximate surface area is 267 Å². The van der Waals surface area contributed by atoms with Gasteiger partial charge in [-0.05, 0) is 113 Å². The van der Waals surface area contributed by atoms with Gasteiger partial charge in [0, 0.05) is 16.2 Å². The van der Waals surface area contributed by atoms with E-state index in [1.54, 1.807) is 0 Å². The molecule has 0 unspecified atom stereocenters. The van der Waals surface area contributed by atoms with Gasteiger partial charge in [-0.3, -0.25) is 0 Å². The van der Waals surface area contributed by atoms with Crippen LogP contribution >= 0.6 is 0 Å². The minimum atomic E-state index is -0.150. The minimum Gasteiger partial charge on any atom is -0.456 e. The molecule has 0 atom stereocenters. The molecule has 1 aromatic heterocycles. The van der Waals surface area contributed by atoms with Crippen LogP contribution in [-0.4, -0.2) is 0 Å². The molecular weight excluding hydrogens is 556 g/mol. The summed E-state index contributed by atoms with van der Waals surface area (Å²) in [5.74, 6) is 0. The topological polar surface area (TPSA) is 13.1 Å². The van der Waals surface area contributed by atoms with Crippen molar-refractivity contribution >= 4 is 54.3 Å². The molecule has 0 aliphatic heterocycles. The summed E-state index contributed by atoms with van der Waals surface area (Å²) < 4.78 is 6.43. The van der Waals surface area contributed by atoms with Gasteiger partial charge in [-0.1, -0.05) is 123 Å². The number of hydrogen-bond acceptors (Lipinski definition) is 1. The molecule has 46 heavy (non-hydrogen) atoms. The average Bonchev–Trinajstić information content (AvgIpc) is 3.56. The number of rotatable bonds is 2. The van der Waals surface area contributed by atoms with Crippen molar-refractivity contribution in [1.82, 2.24) is 0 Å². The highest BCUT2D eigenvalue weighted by Gasteiger charge is 2.36. The van der Waals surface area contributed by atoms with Crippen molar-refractivity contribution in [2.75, 3.05) is 0 Å². The first kappa shape index (κ1) is 25.6. The second-order valence-electron chi connectivity index (χ2n) is 13.3. The van der Waals surface area contributed by atoms with E-state index in [1.807, 2.05) is 0 Å². The lowest BCUT2D eigenvalue weighted by molar-refractivity contribution is 0.661. The van der Waals surface area contributed by atoms with Crippen LogP contribution in [0.1, 0.15) is 25.0 Å². The van der Waals surface area contributed by atoms with Gasteiger partial charge in [0.2, 0.25) is 0 Å². The van der Waals surface area contributed by atoms with Crippen LogP contribution in [0.4, 0.5) is 0 Å². The predicted octanol–water partition coefficient (Wildman–Crippen LogP) is 12.7. The van der Waals surface area contributed by atoms with Gasteiger partial charge < -0.3 is 4.42 Å². The van der Waals surface area contributed by atoms with Crippen molar-refractivity contribution in [2.24, 2.45) is 0 Å². The second kappa shape index (κ2) is 9.19. The highest BCUT2D eigenvalue weighted by molar-refractivity contribution is 6.16. The molecule has 0 spiro atoms. The molecule has 1 heteroatoms. The molecule has 10 rings (SSSR count). The molecule has 1 heterocycles. The lowest BCUT2D eigenvalue weighted by Gasteiger charge is -2.23. The zero-order chi connectivity index (χ0) is 30.6. The van der Waals surface area contributed by atoms with Crippen molar-refractivity contribution in [1.29, 1.82) is 0 Å².